The molecule has 290 valence electrons. The molecule has 55 heavy (non-hydrogen) atoms. The highest BCUT2D eigenvalue weighted by atomic mass is 16.6. The molecular weight excluding hydrogens is 702 g/mol. The van der Waals surface area contributed by atoms with Crippen LogP contribution in [0, 0.1) is 10.1 Å². The zero-order valence-electron chi connectivity index (χ0n) is 33.0. The molecule has 2 aliphatic carbocycles. The Morgan fingerprint density at radius 1 is 0.782 bits per heavy atom. The topological polar surface area (TPSA) is 155 Å². The lowest BCUT2D eigenvalue weighted by molar-refractivity contribution is -0.384. The zero-order valence-corrected chi connectivity index (χ0v) is 33.0. The summed E-state index contributed by atoms with van der Waals surface area (Å²) in [4.78, 5) is 60.5. The van der Waals surface area contributed by atoms with Gasteiger partial charge in [0.15, 0.2) is 0 Å². The van der Waals surface area contributed by atoms with E-state index in [0.29, 0.717) is 25.2 Å². The number of benzene rings is 2. The van der Waals surface area contributed by atoms with Crippen LogP contribution in [0.4, 0.5) is 26.7 Å². The average Bonchev–Trinajstić information content (AvgIpc) is 3.68. The number of nitro groups is 1. The molecule has 4 unspecified atom stereocenters. The first-order valence-electron chi connectivity index (χ1n) is 18.6. The fourth-order valence-corrected chi connectivity index (χ4v) is 8.31. The molecule has 2 aromatic heterocycles. The number of rotatable bonds is 5. The predicted octanol–water partition coefficient (Wildman–Crippen LogP) is 7.24. The van der Waals surface area contributed by atoms with Gasteiger partial charge in [-0.15, -0.1) is 0 Å². The van der Waals surface area contributed by atoms with Gasteiger partial charge in [-0.25, -0.2) is 19.6 Å². The molecule has 14 nitrogen and oxygen atoms in total. The van der Waals surface area contributed by atoms with E-state index in [1.807, 2.05) is 89.4 Å². The van der Waals surface area contributed by atoms with E-state index in [1.165, 1.54) is 6.07 Å². The van der Waals surface area contributed by atoms with Gasteiger partial charge in [0, 0.05) is 80.8 Å². The number of nitro benzene ring substituents is 1. The number of ketones is 1. The Labute approximate surface area is 320 Å². The van der Waals surface area contributed by atoms with Crippen molar-refractivity contribution in [3.8, 4) is 0 Å². The van der Waals surface area contributed by atoms with Crippen molar-refractivity contribution in [3.63, 3.8) is 0 Å². The maximum Gasteiger partial charge on any atom is 0.414 e. The van der Waals surface area contributed by atoms with E-state index in [0.717, 1.165) is 46.6 Å². The predicted molar refractivity (Wildman–Crippen MR) is 206 cm³/mol. The first-order chi connectivity index (χ1) is 25.7. The first-order valence-corrected chi connectivity index (χ1v) is 18.6. The number of Topliss-reactive ketones (excluding diaryl/α,β-unsaturated/α-hetero) is 1. The summed E-state index contributed by atoms with van der Waals surface area (Å²) < 4.78 is 15.0. The van der Waals surface area contributed by atoms with Gasteiger partial charge in [0.05, 0.1) is 40.3 Å². The molecule has 4 atom stereocenters. The maximum absolute atomic E-state index is 12.9. The molecule has 4 aromatic rings. The molecule has 0 saturated heterocycles. The molecule has 14 heteroatoms. The molecule has 2 spiro atoms. The number of anilines is 2. The highest BCUT2D eigenvalue weighted by molar-refractivity contribution is 5.94. The Morgan fingerprint density at radius 2 is 1.24 bits per heavy atom. The van der Waals surface area contributed by atoms with Gasteiger partial charge in [0.25, 0.3) is 5.69 Å². The minimum Gasteiger partial charge on any atom is -0.443 e. The molecule has 4 heterocycles. The number of carbonyl (C=O) groups is 3. The maximum atomic E-state index is 12.9. The van der Waals surface area contributed by atoms with Crippen LogP contribution in [0.15, 0.2) is 61.4 Å². The summed E-state index contributed by atoms with van der Waals surface area (Å²) in [6, 6.07) is 10.7. The molecule has 0 bridgehead atoms. The van der Waals surface area contributed by atoms with Gasteiger partial charge >= 0.3 is 12.2 Å². The van der Waals surface area contributed by atoms with E-state index in [-0.39, 0.29) is 40.2 Å². The SMILES string of the molecule is CC(=O)Cc1ccc2c(c1)C1(CC1c1cn(C)cn1)CN2C(=O)OC(C)(C)C.Cn1cnc(C2CC23CN(C(=O)OC(C)(C)C)c2ccc([N+](=O)[O-])cc23)c1. The molecule has 2 fully saturated rings. The summed E-state index contributed by atoms with van der Waals surface area (Å²) in [7, 11) is 3.87. The van der Waals surface area contributed by atoms with Crippen molar-refractivity contribution < 1.29 is 28.8 Å². The third kappa shape index (κ3) is 7.21. The van der Waals surface area contributed by atoms with Crippen LogP contribution in [0.2, 0.25) is 0 Å². The van der Waals surface area contributed by atoms with Gasteiger partial charge in [0.1, 0.15) is 17.0 Å². The summed E-state index contributed by atoms with van der Waals surface area (Å²) in [5.74, 6) is 0.535. The number of amides is 2. The lowest BCUT2D eigenvalue weighted by Gasteiger charge is -2.25. The van der Waals surface area contributed by atoms with Crippen molar-refractivity contribution >= 4 is 35.0 Å². The summed E-state index contributed by atoms with van der Waals surface area (Å²) in [5, 5.41) is 11.3. The molecular formula is C41H49N7O7. The number of non-ortho nitro benzene ring substituents is 1. The number of ether oxygens (including phenoxy) is 2. The van der Waals surface area contributed by atoms with Crippen LogP contribution in [0.3, 0.4) is 0 Å². The minimum atomic E-state index is -0.613. The number of hydrogen-bond acceptors (Lipinski definition) is 9. The van der Waals surface area contributed by atoms with E-state index in [4.69, 9.17) is 9.47 Å². The van der Waals surface area contributed by atoms with Gasteiger partial charge in [0.2, 0.25) is 0 Å². The normalized spacial score (nSPS) is 23.2. The number of imidazole rings is 2. The molecule has 4 aliphatic rings. The van der Waals surface area contributed by atoms with Crippen LogP contribution < -0.4 is 9.80 Å². The van der Waals surface area contributed by atoms with Gasteiger partial charge in [-0.3, -0.25) is 24.7 Å². The summed E-state index contributed by atoms with van der Waals surface area (Å²) in [5.41, 5.74) is 4.91. The minimum absolute atomic E-state index is 0.0332. The zero-order chi connectivity index (χ0) is 39.8. The van der Waals surface area contributed by atoms with Gasteiger partial charge in [-0.2, -0.15) is 0 Å². The van der Waals surface area contributed by atoms with E-state index < -0.39 is 22.2 Å². The second-order valence-electron chi connectivity index (χ2n) is 17.6. The van der Waals surface area contributed by atoms with E-state index >= 15 is 0 Å². The van der Waals surface area contributed by atoms with Crippen LogP contribution in [-0.4, -0.2) is 66.3 Å². The van der Waals surface area contributed by atoms with E-state index in [2.05, 4.69) is 22.2 Å². The van der Waals surface area contributed by atoms with Gasteiger partial charge < -0.3 is 18.6 Å². The number of aromatic nitrogens is 4. The quantitative estimate of drug-likeness (QED) is 0.152. The van der Waals surface area contributed by atoms with Crippen molar-refractivity contribution in [1.29, 1.82) is 0 Å². The van der Waals surface area contributed by atoms with Gasteiger partial charge in [-0.1, -0.05) is 12.1 Å². The Bertz CT molecular complexity index is 2210. The van der Waals surface area contributed by atoms with Crippen molar-refractivity contribution in [2.45, 2.75) is 102 Å². The van der Waals surface area contributed by atoms with E-state index in [9.17, 15) is 24.5 Å². The van der Waals surface area contributed by atoms with Crippen LogP contribution in [0.1, 0.15) is 101 Å². The molecule has 2 aliphatic heterocycles. The standard InChI is InChI=1S/C22H27N3O3.C19H22N4O4/c1-14(26)8-15-6-7-19-16(9-15)22(10-17(22)18-11-24(5)13-23-18)12-25(19)20(27)28-21(2,3)4;1-18(2,3)27-17(24)22-10-19(8-14(19)15-9-21(4)11-20-15)13-7-12(23(25)26)5-6-16(13)22/h6-7,9,11,13,17H,8,10,12H2,1-5H3;5-7,9,11,14H,8,10H2,1-4H3. The average molecular weight is 752 g/mol. The first kappa shape index (κ1) is 37.8. The molecule has 2 amide bonds. The summed E-state index contributed by atoms with van der Waals surface area (Å²) in [6.07, 6.45) is 8.98. The molecule has 0 radical (unpaired) electrons. The lowest BCUT2D eigenvalue weighted by atomic mass is 9.92. The molecule has 2 saturated carbocycles. The number of fused-ring (bicyclic) bond motifs is 4. The number of hydrogen-bond donors (Lipinski definition) is 0. The Kier molecular flexibility index (Phi) is 8.97. The molecule has 8 rings (SSSR count). The summed E-state index contributed by atoms with van der Waals surface area (Å²) >= 11 is 0. The van der Waals surface area contributed by atoms with Crippen molar-refractivity contribution in [2.75, 3.05) is 22.9 Å². The van der Waals surface area contributed by atoms with Gasteiger partial charge in [-0.05, 0) is 90.1 Å². The monoisotopic (exact) mass is 751 g/mol. The third-order valence-corrected chi connectivity index (χ3v) is 10.8. The highest BCUT2D eigenvalue weighted by Gasteiger charge is 2.64. The molecule has 2 aromatic carbocycles. The van der Waals surface area contributed by atoms with Crippen molar-refractivity contribution in [1.82, 2.24) is 19.1 Å². The fourth-order valence-electron chi connectivity index (χ4n) is 8.31. The number of carbonyl (C=O) groups excluding carboxylic acids is 3. The van der Waals surface area contributed by atoms with Crippen LogP contribution in [0.5, 0.6) is 0 Å². The van der Waals surface area contributed by atoms with Crippen LogP contribution in [0.25, 0.3) is 0 Å². The van der Waals surface area contributed by atoms with Crippen LogP contribution >= 0.6 is 0 Å². The Hall–Kier alpha value is -5.53. The van der Waals surface area contributed by atoms with E-state index in [1.54, 1.807) is 35.2 Å². The third-order valence-electron chi connectivity index (χ3n) is 10.8. The smallest absolute Gasteiger partial charge is 0.414 e. The Balaban J connectivity index is 0.000000169. The summed E-state index contributed by atoms with van der Waals surface area (Å²) in [6.45, 7) is 13.7. The fraction of sp³-hybridized carbons (Fsp3) is 0.488. The number of nitrogens with zero attached hydrogens (tertiary/aromatic N) is 7. The second-order valence-corrected chi connectivity index (χ2v) is 17.6. The second kappa shape index (κ2) is 13.1. The highest BCUT2D eigenvalue weighted by Crippen LogP contribution is 2.67. The lowest BCUT2D eigenvalue weighted by Crippen LogP contribution is -2.37. The van der Waals surface area contributed by atoms with Crippen molar-refractivity contribution in [2.24, 2.45) is 14.1 Å². The largest absolute Gasteiger partial charge is 0.443 e. The Morgan fingerprint density at radius 3 is 1.64 bits per heavy atom. The number of aryl methyl sites for hydroxylation is 2. The molecule has 0 N–H and O–H groups in total. The van der Waals surface area contributed by atoms with Crippen molar-refractivity contribution in [3.05, 3.63) is 99.6 Å². The van der Waals surface area contributed by atoms with Crippen LogP contribution in [-0.2, 0) is 45.6 Å².